The van der Waals surface area contributed by atoms with Gasteiger partial charge in [0.1, 0.15) is 17.9 Å². The van der Waals surface area contributed by atoms with Crippen molar-refractivity contribution in [3.63, 3.8) is 0 Å². The molecule has 2 atom stereocenters. The average molecular weight is 662 g/mol. The normalized spacial score (nSPS) is 16.9. The average Bonchev–Trinajstić information content (AvgIpc) is 3.39. The maximum Gasteiger partial charge on any atom is 0.313 e. The molecule has 48 heavy (non-hydrogen) atoms. The number of esters is 3. The molecule has 0 amide bonds. The zero-order chi connectivity index (χ0) is 35.0. The summed E-state index contributed by atoms with van der Waals surface area (Å²) < 4.78 is 38.9. The molecule has 254 valence electrons. The van der Waals surface area contributed by atoms with E-state index >= 15 is 0 Å². The number of carbonyl (C=O) groups excluding carboxylic acids is 3. The number of ether oxygens (including phenoxy) is 4. The molecule has 6 rings (SSSR count). The fraction of sp³-hybridized carbons (Fsp3) is 0.486. The van der Waals surface area contributed by atoms with Crippen LogP contribution in [0.25, 0.3) is 11.2 Å². The summed E-state index contributed by atoms with van der Waals surface area (Å²) in [7, 11) is 1.33. The van der Waals surface area contributed by atoms with Crippen LogP contribution in [-0.2, 0) is 40.6 Å². The van der Waals surface area contributed by atoms with E-state index in [1.54, 1.807) is 6.07 Å². The Hall–Kier alpha value is -4.83. The standard InChI is InChI=1S/C35H40FN5O7/c1-8-35(45-7,18-46-26(43)16-33(5,6)27-21(3)12-20(2)13-24(27)47-22(4)42)25(48-31(44)34-11-9-10-23(14-34)15-34)17-41-19-38-28-29(37)39-32(36)40-30(28)41/h1,10,12-13,19,25H,9,11,14-18H2,2-7H3,(H2,37,39,40)/t25-,35?/m0/s1. The van der Waals surface area contributed by atoms with Crippen LogP contribution in [0.3, 0.4) is 0 Å². The van der Waals surface area contributed by atoms with Crippen molar-refractivity contribution in [1.29, 1.82) is 0 Å². The molecule has 1 unspecified atom stereocenters. The molecule has 12 nitrogen and oxygen atoms in total. The van der Waals surface area contributed by atoms with Gasteiger partial charge in [-0.25, -0.2) is 4.98 Å². The summed E-state index contributed by atoms with van der Waals surface area (Å²) in [6.07, 6.45) is 9.73. The second kappa shape index (κ2) is 13.0. The molecule has 3 aliphatic carbocycles. The SMILES string of the molecule is C#CC(COC(=O)CC(C)(C)c1c(C)cc(C)cc1OC(C)=O)(OC)[C@H](Cn1cnc2c(N)nc(F)nc21)OC(=O)C12CCC=C(C1)C2. The summed E-state index contributed by atoms with van der Waals surface area (Å²) in [4.78, 5) is 50.7. The number of imidazole rings is 1. The molecule has 3 aliphatic rings. The third kappa shape index (κ3) is 6.62. The van der Waals surface area contributed by atoms with Crippen molar-refractivity contribution in [2.24, 2.45) is 5.41 Å². The number of aryl methyl sites for hydroxylation is 2. The molecule has 1 fully saturated rings. The predicted molar refractivity (Wildman–Crippen MR) is 173 cm³/mol. The first-order chi connectivity index (χ1) is 22.6. The van der Waals surface area contributed by atoms with Gasteiger partial charge in [-0.2, -0.15) is 14.4 Å². The molecule has 0 aliphatic heterocycles. The van der Waals surface area contributed by atoms with Crippen LogP contribution in [0.1, 0.15) is 69.6 Å². The number of benzene rings is 1. The monoisotopic (exact) mass is 661 g/mol. The van der Waals surface area contributed by atoms with Crippen LogP contribution >= 0.6 is 0 Å². The van der Waals surface area contributed by atoms with Gasteiger partial charge in [-0.05, 0) is 56.7 Å². The first-order valence-corrected chi connectivity index (χ1v) is 15.6. The predicted octanol–water partition coefficient (Wildman–Crippen LogP) is 4.43. The molecule has 1 saturated carbocycles. The number of allylic oxidation sites excluding steroid dienone is 2. The third-order valence-corrected chi connectivity index (χ3v) is 9.23. The van der Waals surface area contributed by atoms with E-state index in [9.17, 15) is 18.8 Å². The Balaban J connectivity index is 1.42. The minimum atomic E-state index is -1.76. The van der Waals surface area contributed by atoms with E-state index in [-0.39, 0.29) is 29.9 Å². The van der Waals surface area contributed by atoms with E-state index in [1.807, 2.05) is 33.8 Å². The summed E-state index contributed by atoms with van der Waals surface area (Å²) >= 11 is 0. The van der Waals surface area contributed by atoms with Gasteiger partial charge in [0.05, 0.1) is 24.7 Å². The fourth-order valence-corrected chi connectivity index (χ4v) is 6.92. The molecule has 0 spiro atoms. The number of carbonyl (C=O) groups is 3. The largest absolute Gasteiger partial charge is 0.461 e. The first kappa shape index (κ1) is 34.5. The van der Waals surface area contributed by atoms with Gasteiger partial charge in [0, 0.05) is 25.0 Å². The number of halogens is 1. The number of nitrogens with two attached hydrogens (primary N) is 1. The Labute approximate surface area is 278 Å². The lowest BCUT2D eigenvalue weighted by Gasteiger charge is -2.46. The summed E-state index contributed by atoms with van der Waals surface area (Å²) in [5.74, 6) is 1.22. The van der Waals surface area contributed by atoms with Crippen LogP contribution < -0.4 is 10.5 Å². The van der Waals surface area contributed by atoms with E-state index in [0.717, 1.165) is 17.5 Å². The zero-order valence-corrected chi connectivity index (χ0v) is 28.0. The molecule has 13 heteroatoms. The smallest absolute Gasteiger partial charge is 0.313 e. The Morgan fingerprint density at radius 2 is 1.94 bits per heavy atom. The lowest BCUT2D eigenvalue weighted by molar-refractivity contribution is -0.186. The van der Waals surface area contributed by atoms with E-state index in [0.29, 0.717) is 30.6 Å². The highest BCUT2D eigenvalue weighted by Gasteiger charge is 2.52. The summed E-state index contributed by atoms with van der Waals surface area (Å²) in [6.45, 7) is 8.12. The fourth-order valence-electron chi connectivity index (χ4n) is 6.92. The molecule has 2 aromatic heterocycles. The van der Waals surface area contributed by atoms with E-state index in [2.05, 4.69) is 26.9 Å². The molecule has 0 saturated heterocycles. The molecule has 2 heterocycles. The third-order valence-electron chi connectivity index (χ3n) is 9.23. The summed E-state index contributed by atoms with van der Waals surface area (Å²) in [6, 6.07) is 3.69. The lowest BCUT2D eigenvalue weighted by Crippen LogP contribution is -2.54. The van der Waals surface area contributed by atoms with Crippen LogP contribution in [0.15, 0.2) is 30.1 Å². The first-order valence-electron chi connectivity index (χ1n) is 15.6. The minimum Gasteiger partial charge on any atom is -0.461 e. The number of rotatable bonds is 12. The van der Waals surface area contributed by atoms with Crippen LogP contribution in [-0.4, -0.2) is 62.8 Å². The number of methoxy groups -OCH3 is 1. The maximum atomic E-state index is 14.2. The lowest BCUT2D eigenvalue weighted by atomic mass is 9.59. The second-order valence-corrected chi connectivity index (χ2v) is 13.4. The van der Waals surface area contributed by atoms with Crippen molar-refractivity contribution in [3.8, 4) is 18.1 Å². The Morgan fingerprint density at radius 3 is 2.56 bits per heavy atom. The number of hydrogen-bond acceptors (Lipinski definition) is 11. The van der Waals surface area contributed by atoms with Gasteiger partial charge in [0.2, 0.25) is 5.60 Å². The second-order valence-electron chi connectivity index (χ2n) is 13.4. The molecule has 2 N–H and O–H groups in total. The van der Waals surface area contributed by atoms with E-state index < -0.39 is 53.1 Å². The van der Waals surface area contributed by atoms with Gasteiger partial charge in [-0.1, -0.05) is 37.5 Å². The van der Waals surface area contributed by atoms with Gasteiger partial charge in [-0.15, -0.1) is 6.42 Å². The van der Waals surface area contributed by atoms with Gasteiger partial charge in [-0.3, -0.25) is 14.4 Å². The molecular formula is C35H40FN5O7. The highest BCUT2D eigenvalue weighted by atomic mass is 19.1. The van der Waals surface area contributed by atoms with Gasteiger partial charge >= 0.3 is 24.0 Å². The van der Waals surface area contributed by atoms with Crippen LogP contribution in [0.5, 0.6) is 5.75 Å². The summed E-state index contributed by atoms with van der Waals surface area (Å²) in [5.41, 5.74) is 6.43. The Morgan fingerprint density at radius 1 is 1.21 bits per heavy atom. The van der Waals surface area contributed by atoms with Crippen molar-refractivity contribution in [2.75, 3.05) is 19.5 Å². The van der Waals surface area contributed by atoms with Crippen molar-refractivity contribution in [2.45, 2.75) is 90.4 Å². The molecule has 2 bridgehead atoms. The number of terminal acetylenes is 1. The number of nitrogens with zero attached hydrogens (tertiary/aromatic N) is 4. The van der Waals surface area contributed by atoms with Crippen molar-refractivity contribution >= 4 is 34.9 Å². The highest BCUT2D eigenvalue weighted by molar-refractivity contribution is 5.82. The zero-order valence-electron chi connectivity index (χ0n) is 28.0. The Kier molecular flexibility index (Phi) is 9.34. The number of fused-ring (bicyclic) bond motifs is 3. The van der Waals surface area contributed by atoms with Gasteiger partial charge < -0.3 is 29.2 Å². The van der Waals surface area contributed by atoms with Gasteiger partial charge in [0.25, 0.3) is 0 Å². The Bertz CT molecular complexity index is 1850. The summed E-state index contributed by atoms with van der Waals surface area (Å²) in [5, 5.41) is 0. The van der Waals surface area contributed by atoms with Crippen LogP contribution in [0.4, 0.5) is 10.2 Å². The number of aromatic nitrogens is 4. The topological polar surface area (TPSA) is 158 Å². The minimum absolute atomic E-state index is 0.0589. The van der Waals surface area contributed by atoms with Crippen LogP contribution in [0, 0.1) is 37.7 Å². The maximum absolute atomic E-state index is 14.2. The van der Waals surface area contributed by atoms with E-state index in [1.165, 1.54) is 30.5 Å². The number of nitrogen functional groups attached to an aromatic ring is 1. The van der Waals surface area contributed by atoms with Gasteiger partial charge in [0.15, 0.2) is 17.6 Å². The van der Waals surface area contributed by atoms with Crippen LogP contribution in [0.2, 0.25) is 0 Å². The van der Waals surface area contributed by atoms with Crippen molar-refractivity contribution < 1.29 is 37.7 Å². The highest BCUT2D eigenvalue weighted by Crippen LogP contribution is 2.53. The quantitative estimate of drug-likeness (QED) is 0.0963. The molecule has 3 aromatic rings. The van der Waals surface area contributed by atoms with Crippen molar-refractivity contribution in [1.82, 2.24) is 19.5 Å². The van der Waals surface area contributed by atoms with Crippen molar-refractivity contribution in [3.05, 3.63) is 52.9 Å². The molecular weight excluding hydrogens is 621 g/mol. The number of hydrogen-bond donors (Lipinski definition) is 1. The number of anilines is 1. The molecule has 1 aromatic carbocycles. The van der Waals surface area contributed by atoms with E-state index in [4.69, 9.17) is 31.1 Å². The molecule has 0 radical (unpaired) electrons.